The Kier molecular flexibility index (Phi) is 4.32. The number of nitrogens with zero attached hydrogens (tertiary/aromatic N) is 2. The Balaban J connectivity index is 2.69. The summed E-state index contributed by atoms with van der Waals surface area (Å²) in [6.45, 7) is 0. The van der Waals surface area contributed by atoms with E-state index in [9.17, 15) is 9.00 Å². The Labute approximate surface area is 131 Å². The molecule has 4 nitrogen and oxygen atoms in total. The number of aromatic nitrogens is 2. The molecule has 0 fully saturated rings. The van der Waals surface area contributed by atoms with Gasteiger partial charge in [0.2, 0.25) is 0 Å². The van der Waals surface area contributed by atoms with Gasteiger partial charge in [-0.1, -0.05) is 46.4 Å². The summed E-state index contributed by atoms with van der Waals surface area (Å²) in [6, 6.07) is 1.35. The number of aryl methyl sites for hydroxylation is 1. The van der Waals surface area contributed by atoms with Crippen molar-refractivity contribution in [3.05, 3.63) is 49.0 Å². The highest BCUT2D eigenvalue weighted by molar-refractivity contribution is 7.83. The van der Waals surface area contributed by atoms with Crippen molar-refractivity contribution in [2.24, 2.45) is 7.05 Å². The lowest BCUT2D eigenvalue weighted by atomic mass is 10.3. The topological polar surface area (TPSA) is 44.0 Å². The van der Waals surface area contributed by atoms with Crippen LogP contribution in [0.5, 0.6) is 0 Å². The van der Waals surface area contributed by atoms with Crippen LogP contribution in [0.1, 0.15) is 0 Å². The second-order valence-corrected chi connectivity index (χ2v) is 6.43. The predicted molar refractivity (Wildman–Crippen MR) is 78.0 cm³/mol. The van der Waals surface area contributed by atoms with Gasteiger partial charge >= 0.3 is 5.69 Å². The smallest absolute Gasteiger partial charge is 0.301 e. The lowest BCUT2D eigenvalue weighted by Crippen LogP contribution is -2.24. The van der Waals surface area contributed by atoms with Gasteiger partial charge in [0.15, 0.2) is 11.0 Å². The number of hydrogen-bond acceptors (Lipinski definition) is 2. The van der Waals surface area contributed by atoms with Gasteiger partial charge in [0.25, 0.3) is 0 Å². The average molecular weight is 360 g/mol. The Bertz CT molecular complexity index is 712. The van der Waals surface area contributed by atoms with Crippen LogP contribution in [0.2, 0.25) is 20.1 Å². The van der Waals surface area contributed by atoms with Crippen molar-refractivity contribution in [2.45, 2.75) is 4.90 Å². The number of benzene rings is 1. The van der Waals surface area contributed by atoms with Gasteiger partial charge in [0.05, 0.1) is 20.1 Å². The van der Waals surface area contributed by atoms with Gasteiger partial charge in [-0.15, -0.1) is 0 Å². The first kappa shape index (κ1) is 14.9. The average Bonchev–Trinajstić information content (AvgIpc) is 2.68. The van der Waals surface area contributed by atoms with E-state index in [4.69, 9.17) is 46.4 Å². The highest BCUT2D eigenvalue weighted by Gasteiger charge is 2.22. The molecule has 1 unspecified atom stereocenters. The molecule has 1 aromatic heterocycles. The zero-order valence-electron chi connectivity index (χ0n) is 9.36. The van der Waals surface area contributed by atoms with E-state index in [0.29, 0.717) is 0 Å². The molecule has 0 N–H and O–H groups in total. The minimum atomic E-state index is -1.93. The molecule has 9 heteroatoms. The molecule has 2 rings (SSSR count). The van der Waals surface area contributed by atoms with Gasteiger partial charge < -0.3 is 4.57 Å². The SMILES string of the molecule is Cn1ccn(S(=O)c2c(Cl)c(Cl)cc(Cl)c2Cl)c1=O. The number of hydrogen-bond donors (Lipinski definition) is 0. The molecule has 2 aromatic rings. The van der Waals surface area contributed by atoms with Crippen LogP contribution in [0.3, 0.4) is 0 Å². The second kappa shape index (κ2) is 5.50. The third kappa shape index (κ3) is 2.58. The van der Waals surface area contributed by atoms with Gasteiger partial charge in [0.1, 0.15) is 4.90 Å². The zero-order chi connectivity index (χ0) is 14.3. The van der Waals surface area contributed by atoms with Crippen LogP contribution in [0.4, 0.5) is 0 Å². The highest BCUT2D eigenvalue weighted by Crippen LogP contribution is 2.39. The van der Waals surface area contributed by atoms with Crippen LogP contribution in [-0.2, 0) is 18.0 Å². The molecule has 1 atom stereocenters. The largest absolute Gasteiger partial charge is 0.340 e. The van der Waals surface area contributed by atoms with E-state index in [-0.39, 0.29) is 25.0 Å². The van der Waals surface area contributed by atoms with Gasteiger partial charge in [-0.25, -0.2) is 13.0 Å². The van der Waals surface area contributed by atoms with E-state index in [1.165, 1.54) is 30.1 Å². The summed E-state index contributed by atoms with van der Waals surface area (Å²) in [5.74, 6) is 0. The monoisotopic (exact) mass is 358 g/mol. The third-order valence-electron chi connectivity index (χ3n) is 2.34. The van der Waals surface area contributed by atoms with Crippen molar-refractivity contribution in [1.29, 1.82) is 0 Å². The summed E-state index contributed by atoms with van der Waals surface area (Å²) in [6.07, 6.45) is 2.83. The summed E-state index contributed by atoms with van der Waals surface area (Å²) in [5, 5.41) is 0.238. The second-order valence-electron chi connectivity index (χ2n) is 3.56. The normalized spacial score (nSPS) is 12.7. The molecule has 0 spiro atoms. The molecule has 102 valence electrons. The van der Waals surface area contributed by atoms with E-state index in [1.54, 1.807) is 0 Å². The predicted octanol–water partition coefficient (Wildman–Crippen LogP) is 3.37. The Morgan fingerprint density at radius 3 is 2.00 bits per heavy atom. The fourth-order valence-electron chi connectivity index (χ4n) is 1.37. The molecule has 0 aliphatic carbocycles. The van der Waals surface area contributed by atoms with E-state index < -0.39 is 16.7 Å². The molecule has 0 aliphatic rings. The summed E-state index contributed by atoms with van der Waals surface area (Å²) in [7, 11) is -0.399. The standard InChI is InChI=1S/C10H6Cl4N2O2S/c1-15-2-3-16(10(15)17)19(18)9-7(13)5(11)4-6(12)8(9)14/h2-4H,1H3. The maximum atomic E-state index is 12.4. The summed E-state index contributed by atoms with van der Waals surface area (Å²) in [4.78, 5) is 11.8. The van der Waals surface area contributed by atoms with Crippen LogP contribution in [0, 0.1) is 0 Å². The number of halogens is 4. The minimum Gasteiger partial charge on any atom is -0.301 e. The summed E-state index contributed by atoms with van der Waals surface area (Å²) >= 11 is 23.7. The first-order valence-electron chi connectivity index (χ1n) is 4.83. The fraction of sp³-hybridized carbons (Fsp3) is 0.100. The molecule has 1 heterocycles. The van der Waals surface area contributed by atoms with E-state index >= 15 is 0 Å². The van der Waals surface area contributed by atoms with Gasteiger partial charge in [0, 0.05) is 19.4 Å². The lowest BCUT2D eigenvalue weighted by molar-refractivity contribution is 0.674. The molecule has 0 radical (unpaired) electrons. The van der Waals surface area contributed by atoms with Crippen molar-refractivity contribution in [1.82, 2.24) is 8.54 Å². The first-order valence-corrected chi connectivity index (χ1v) is 7.45. The van der Waals surface area contributed by atoms with E-state index in [1.807, 2.05) is 0 Å². The molecule has 1 aromatic carbocycles. The molecule has 0 bridgehead atoms. The van der Waals surface area contributed by atoms with Crippen LogP contribution in [-0.4, -0.2) is 12.7 Å². The van der Waals surface area contributed by atoms with E-state index in [2.05, 4.69) is 0 Å². The minimum absolute atomic E-state index is 0.00477. The molecular weight excluding hydrogens is 354 g/mol. The van der Waals surface area contributed by atoms with Crippen LogP contribution in [0.25, 0.3) is 0 Å². The maximum absolute atomic E-state index is 12.4. The number of rotatable bonds is 2. The van der Waals surface area contributed by atoms with Gasteiger partial charge in [-0.05, 0) is 6.07 Å². The summed E-state index contributed by atoms with van der Waals surface area (Å²) < 4.78 is 14.7. The first-order chi connectivity index (χ1) is 8.84. The Morgan fingerprint density at radius 2 is 1.58 bits per heavy atom. The van der Waals surface area contributed by atoms with Crippen molar-refractivity contribution in [3.63, 3.8) is 0 Å². The zero-order valence-corrected chi connectivity index (χ0v) is 13.2. The van der Waals surface area contributed by atoms with E-state index in [0.717, 1.165) is 3.97 Å². The lowest BCUT2D eigenvalue weighted by Gasteiger charge is -2.09. The van der Waals surface area contributed by atoms with Crippen molar-refractivity contribution in [3.8, 4) is 0 Å². The third-order valence-corrected chi connectivity index (χ3v) is 5.53. The molecular formula is C10H6Cl4N2O2S. The van der Waals surface area contributed by atoms with Gasteiger partial charge in [-0.3, -0.25) is 0 Å². The molecule has 19 heavy (non-hydrogen) atoms. The highest BCUT2D eigenvalue weighted by atomic mass is 35.5. The molecule has 0 saturated carbocycles. The quantitative estimate of drug-likeness (QED) is 0.771. The number of imidazole rings is 1. The molecule has 0 aliphatic heterocycles. The van der Waals surface area contributed by atoms with Crippen LogP contribution in [0.15, 0.2) is 28.2 Å². The maximum Gasteiger partial charge on any atom is 0.340 e. The molecule has 0 amide bonds. The molecule has 0 saturated heterocycles. The van der Waals surface area contributed by atoms with Crippen LogP contribution < -0.4 is 5.69 Å². The van der Waals surface area contributed by atoms with Crippen molar-refractivity contribution >= 4 is 57.4 Å². The van der Waals surface area contributed by atoms with Crippen molar-refractivity contribution < 1.29 is 4.21 Å². The van der Waals surface area contributed by atoms with Crippen LogP contribution >= 0.6 is 46.4 Å². The fourth-order valence-corrected chi connectivity index (χ4v) is 3.85. The Morgan fingerprint density at radius 1 is 1.05 bits per heavy atom. The van der Waals surface area contributed by atoms with Gasteiger partial charge in [-0.2, -0.15) is 0 Å². The van der Waals surface area contributed by atoms with Crippen molar-refractivity contribution in [2.75, 3.05) is 0 Å². The summed E-state index contributed by atoms with van der Waals surface area (Å²) in [5.41, 5.74) is -0.471. The Hall–Kier alpha value is -0.460.